The molecular weight excluding hydrogens is 420 g/mol. The van der Waals surface area contributed by atoms with Gasteiger partial charge in [-0.25, -0.2) is 0 Å². The predicted molar refractivity (Wildman–Crippen MR) is 125 cm³/mol. The molecule has 2 heterocycles. The second kappa shape index (κ2) is 8.62. The van der Waals surface area contributed by atoms with Gasteiger partial charge in [-0.1, -0.05) is 54.2 Å². The second-order valence-electron chi connectivity index (χ2n) is 8.64. The zero-order valence-corrected chi connectivity index (χ0v) is 19.3. The van der Waals surface area contributed by atoms with E-state index in [1.54, 1.807) is 18.9 Å². The van der Waals surface area contributed by atoms with Crippen LogP contribution in [-0.2, 0) is 23.0 Å². The predicted octanol–water partition coefficient (Wildman–Crippen LogP) is 4.51. The van der Waals surface area contributed by atoms with E-state index >= 15 is 0 Å². The van der Waals surface area contributed by atoms with Gasteiger partial charge in [0.2, 0.25) is 5.91 Å². The largest absolute Gasteiger partial charge is 0.497 e. The number of hydrogen-bond donors (Lipinski definition) is 0. The first-order valence-electron chi connectivity index (χ1n) is 11.1. The zero-order valence-electron chi connectivity index (χ0n) is 18.5. The number of benzene rings is 2. The SMILES string of the molecule is COc1ccc(C2(C(=O)N3CCC[C@H]3c3nnc(SCc4ccccc4)n3C)CC2)cc1. The van der Waals surface area contributed by atoms with Gasteiger partial charge in [-0.2, -0.15) is 0 Å². The van der Waals surface area contributed by atoms with Gasteiger partial charge in [0.05, 0.1) is 18.6 Å². The molecule has 32 heavy (non-hydrogen) atoms. The number of carbonyl (C=O) groups excluding carboxylic acids is 1. The summed E-state index contributed by atoms with van der Waals surface area (Å²) in [6, 6.07) is 18.3. The van der Waals surface area contributed by atoms with Crippen molar-refractivity contribution in [2.45, 2.75) is 48.0 Å². The fourth-order valence-electron chi connectivity index (χ4n) is 4.68. The van der Waals surface area contributed by atoms with Crippen molar-refractivity contribution in [1.29, 1.82) is 0 Å². The van der Waals surface area contributed by atoms with E-state index in [-0.39, 0.29) is 11.9 Å². The molecule has 2 fully saturated rings. The Morgan fingerprint density at radius 1 is 1.12 bits per heavy atom. The first-order chi connectivity index (χ1) is 15.6. The number of thioether (sulfide) groups is 1. The van der Waals surface area contributed by atoms with Crippen molar-refractivity contribution in [3.8, 4) is 5.75 Å². The van der Waals surface area contributed by atoms with Crippen LogP contribution in [0.2, 0.25) is 0 Å². The summed E-state index contributed by atoms with van der Waals surface area (Å²) in [6.45, 7) is 0.779. The summed E-state index contributed by atoms with van der Waals surface area (Å²) >= 11 is 1.68. The maximum absolute atomic E-state index is 13.7. The van der Waals surface area contributed by atoms with E-state index in [0.717, 1.165) is 60.3 Å². The normalized spacial score (nSPS) is 19.2. The van der Waals surface area contributed by atoms with E-state index < -0.39 is 5.41 Å². The molecule has 0 unspecified atom stereocenters. The van der Waals surface area contributed by atoms with Crippen LogP contribution in [0, 0.1) is 0 Å². The van der Waals surface area contributed by atoms with Gasteiger partial charge in [-0.3, -0.25) is 4.79 Å². The van der Waals surface area contributed by atoms with E-state index in [1.807, 2.05) is 42.3 Å². The average Bonchev–Trinajstić information content (AvgIpc) is 3.37. The minimum atomic E-state index is -0.391. The third-order valence-corrected chi connectivity index (χ3v) is 7.78. The Hall–Kier alpha value is -2.80. The summed E-state index contributed by atoms with van der Waals surface area (Å²) in [5.74, 6) is 2.78. The van der Waals surface area contributed by atoms with E-state index in [0.29, 0.717) is 0 Å². The number of hydrogen-bond acceptors (Lipinski definition) is 5. The number of likely N-dealkylation sites (tertiary alicyclic amines) is 1. The lowest BCUT2D eigenvalue weighted by Crippen LogP contribution is -2.39. The van der Waals surface area contributed by atoms with Crippen LogP contribution in [-0.4, -0.2) is 39.2 Å². The Morgan fingerprint density at radius 2 is 1.88 bits per heavy atom. The Kier molecular flexibility index (Phi) is 5.67. The fraction of sp³-hybridized carbons (Fsp3) is 0.400. The number of nitrogens with zero attached hydrogens (tertiary/aromatic N) is 4. The quantitative estimate of drug-likeness (QED) is 0.498. The van der Waals surface area contributed by atoms with Gasteiger partial charge in [0.25, 0.3) is 0 Å². The number of carbonyl (C=O) groups is 1. The maximum Gasteiger partial charge on any atom is 0.233 e. The van der Waals surface area contributed by atoms with Crippen molar-refractivity contribution in [2.24, 2.45) is 7.05 Å². The van der Waals surface area contributed by atoms with Crippen molar-refractivity contribution >= 4 is 17.7 Å². The van der Waals surface area contributed by atoms with Crippen LogP contribution in [0.5, 0.6) is 5.75 Å². The number of methoxy groups -OCH3 is 1. The van der Waals surface area contributed by atoms with Gasteiger partial charge >= 0.3 is 0 Å². The molecule has 7 heteroatoms. The van der Waals surface area contributed by atoms with Crippen molar-refractivity contribution in [2.75, 3.05) is 13.7 Å². The highest BCUT2D eigenvalue weighted by Crippen LogP contribution is 2.51. The highest BCUT2D eigenvalue weighted by atomic mass is 32.2. The summed E-state index contributed by atoms with van der Waals surface area (Å²) in [7, 11) is 3.68. The molecular formula is C25H28N4O2S. The van der Waals surface area contributed by atoms with Crippen molar-refractivity contribution in [1.82, 2.24) is 19.7 Å². The van der Waals surface area contributed by atoms with E-state index in [9.17, 15) is 4.79 Å². The molecule has 6 nitrogen and oxygen atoms in total. The standard InChI is InChI=1S/C25H28N4O2S/c1-28-22(26-27-24(28)32-17-18-7-4-3-5-8-18)21-9-6-16-29(21)23(30)25(14-15-25)19-10-12-20(31-2)13-11-19/h3-5,7-8,10-13,21H,6,9,14-17H2,1-2H3/t21-/m0/s1. The lowest BCUT2D eigenvalue weighted by atomic mass is 9.94. The molecule has 3 aromatic rings. The van der Waals surface area contributed by atoms with Gasteiger partial charge in [-0.15, -0.1) is 10.2 Å². The van der Waals surface area contributed by atoms with Crippen LogP contribution in [0.3, 0.4) is 0 Å². The Labute approximate surface area is 193 Å². The van der Waals surface area contributed by atoms with Crippen LogP contribution in [0.4, 0.5) is 0 Å². The van der Waals surface area contributed by atoms with Crippen LogP contribution >= 0.6 is 11.8 Å². The third-order valence-electron chi connectivity index (χ3n) is 6.69. The molecule has 1 atom stereocenters. The highest BCUT2D eigenvalue weighted by molar-refractivity contribution is 7.98. The smallest absolute Gasteiger partial charge is 0.233 e. The summed E-state index contributed by atoms with van der Waals surface area (Å²) in [5.41, 5.74) is 1.96. The second-order valence-corrected chi connectivity index (χ2v) is 9.58. The Balaban J connectivity index is 1.33. The van der Waals surface area contributed by atoms with Crippen LogP contribution in [0.15, 0.2) is 59.8 Å². The fourth-order valence-corrected chi connectivity index (χ4v) is 5.55. The van der Waals surface area contributed by atoms with Crippen molar-refractivity contribution in [3.05, 3.63) is 71.5 Å². The number of rotatable bonds is 7. The van der Waals surface area contributed by atoms with Crippen LogP contribution in [0.25, 0.3) is 0 Å². The monoisotopic (exact) mass is 448 g/mol. The molecule has 1 amide bonds. The molecule has 1 aromatic heterocycles. The third kappa shape index (κ3) is 3.79. The molecule has 0 radical (unpaired) electrons. The van der Waals surface area contributed by atoms with E-state index in [4.69, 9.17) is 4.74 Å². The molecule has 166 valence electrons. The number of aromatic nitrogens is 3. The maximum atomic E-state index is 13.7. The molecule has 1 saturated heterocycles. The lowest BCUT2D eigenvalue weighted by molar-refractivity contribution is -0.135. The summed E-state index contributed by atoms with van der Waals surface area (Å²) in [4.78, 5) is 15.8. The minimum Gasteiger partial charge on any atom is -0.497 e. The zero-order chi connectivity index (χ0) is 22.1. The van der Waals surface area contributed by atoms with Crippen molar-refractivity contribution in [3.63, 3.8) is 0 Å². The lowest BCUT2D eigenvalue weighted by Gasteiger charge is -2.28. The molecule has 0 N–H and O–H groups in total. The topological polar surface area (TPSA) is 60.2 Å². The minimum absolute atomic E-state index is 0.0122. The summed E-state index contributed by atoms with van der Waals surface area (Å²) in [6.07, 6.45) is 3.73. The Bertz CT molecular complexity index is 1090. The van der Waals surface area contributed by atoms with Gasteiger partial charge < -0.3 is 14.2 Å². The van der Waals surface area contributed by atoms with Gasteiger partial charge in [-0.05, 0) is 48.9 Å². The van der Waals surface area contributed by atoms with Crippen LogP contribution in [0.1, 0.15) is 48.7 Å². The van der Waals surface area contributed by atoms with Gasteiger partial charge in [0, 0.05) is 19.3 Å². The van der Waals surface area contributed by atoms with Crippen LogP contribution < -0.4 is 4.74 Å². The number of amides is 1. The first-order valence-corrected chi connectivity index (χ1v) is 12.1. The molecule has 0 spiro atoms. The first kappa shape index (κ1) is 21.1. The molecule has 2 aromatic carbocycles. The summed E-state index contributed by atoms with van der Waals surface area (Å²) in [5, 5.41) is 9.86. The van der Waals surface area contributed by atoms with Gasteiger partial charge in [0.1, 0.15) is 5.75 Å². The van der Waals surface area contributed by atoms with Crippen molar-refractivity contribution < 1.29 is 9.53 Å². The molecule has 2 aliphatic rings. The highest BCUT2D eigenvalue weighted by Gasteiger charge is 2.54. The van der Waals surface area contributed by atoms with E-state index in [2.05, 4.69) is 39.0 Å². The molecule has 5 rings (SSSR count). The van der Waals surface area contributed by atoms with Gasteiger partial charge in [0.15, 0.2) is 11.0 Å². The molecule has 1 saturated carbocycles. The average molecular weight is 449 g/mol. The Morgan fingerprint density at radius 3 is 2.56 bits per heavy atom. The molecule has 1 aliphatic carbocycles. The molecule has 0 bridgehead atoms. The van der Waals surface area contributed by atoms with E-state index in [1.165, 1.54) is 5.56 Å². The number of ether oxygens (including phenoxy) is 1. The molecule has 1 aliphatic heterocycles. The summed E-state index contributed by atoms with van der Waals surface area (Å²) < 4.78 is 7.35.